The van der Waals surface area contributed by atoms with Gasteiger partial charge in [0, 0.05) is 13.1 Å². The van der Waals surface area contributed by atoms with Crippen molar-refractivity contribution >= 4 is 15.9 Å². The first-order valence-corrected chi connectivity index (χ1v) is 8.19. The van der Waals surface area contributed by atoms with Crippen LogP contribution in [0, 0.1) is 17.2 Å². The van der Waals surface area contributed by atoms with Gasteiger partial charge in [-0.1, -0.05) is 0 Å². The summed E-state index contributed by atoms with van der Waals surface area (Å²) in [4.78, 5) is 13.9. The van der Waals surface area contributed by atoms with Gasteiger partial charge >= 0.3 is 0 Å². The topological polar surface area (TPSA) is 113 Å². The van der Waals surface area contributed by atoms with Crippen LogP contribution in [-0.2, 0) is 10.0 Å². The van der Waals surface area contributed by atoms with Gasteiger partial charge in [-0.15, -0.1) is 0 Å². The molecule has 1 atom stereocenters. The van der Waals surface area contributed by atoms with Crippen molar-refractivity contribution in [2.24, 2.45) is 11.1 Å². The van der Waals surface area contributed by atoms with Crippen molar-refractivity contribution in [3.8, 4) is 11.8 Å². The third-order valence-corrected chi connectivity index (χ3v) is 4.02. The third-order valence-electron chi connectivity index (χ3n) is 3.11. The molecule has 0 aliphatic heterocycles. The van der Waals surface area contributed by atoms with Crippen LogP contribution < -0.4 is 9.88 Å². The molecule has 7 nitrogen and oxygen atoms in total. The monoisotopic (exact) mass is 325 g/mol. The van der Waals surface area contributed by atoms with Gasteiger partial charge in [0.25, 0.3) is 5.91 Å². The average Bonchev–Trinajstić information content (AvgIpc) is 2.49. The molecule has 2 N–H and O–H groups in total. The van der Waals surface area contributed by atoms with Crippen LogP contribution in [0.4, 0.5) is 0 Å². The Balaban J connectivity index is 3.27. The van der Waals surface area contributed by atoms with Crippen LogP contribution >= 0.6 is 0 Å². The number of hydrogen-bond donors (Lipinski definition) is 1. The summed E-state index contributed by atoms with van der Waals surface area (Å²) in [5.41, 5.74) is 0.0982. The lowest BCUT2D eigenvalue weighted by Gasteiger charge is -2.23. The normalized spacial score (nSPS) is 12.3. The Morgan fingerprint density at radius 2 is 2.14 bits per heavy atom. The maximum Gasteiger partial charge on any atom is 0.257 e. The number of methoxy groups -OCH3 is 1. The van der Waals surface area contributed by atoms with E-state index in [4.69, 9.17) is 15.1 Å². The second-order valence-electron chi connectivity index (χ2n) is 4.78. The van der Waals surface area contributed by atoms with E-state index < -0.39 is 15.9 Å². The van der Waals surface area contributed by atoms with E-state index in [-0.39, 0.29) is 28.7 Å². The number of carbonyl (C=O) groups excluding carboxylic acids is 1. The molecule has 0 fully saturated rings. The van der Waals surface area contributed by atoms with E-state index >= 15 is 0 Å². The molecule has 1 aromatic rings. The van der Waals surface area contributed by atoms with Crippen LogP contribution in [0.15, 0.2) is 23.1 Å². The lowest BCUT2D eigenvalue weighted by Crippen LogP contribution is -2.34. The van der Waals surface area contributed by atoms with Gasteiger partial charge in [-0.3, -0.25) is 4.79 Å². The summed E-state index contributed by atoms with van der Waals surface area (Å²) in [6.07, 6.45) is 0. The van der Waals surface area contributed by atoms with Crippen LogP contribution in [0.25, 0.3) is 0 Å². The molecule has 1 rings (SSSR count). The molecule has 0 bridgehead atoms. The van der Waals surface area contributed by atoms with Gasteiger partial charge in [-0.25, -0.2) is 13.6 Å². The van der Waals surface area contributed by atoms with Crippen molar-refractivity contribution in [3.05, 3.63) is 23.8 Å². The molecule has 0 heterocycles. The average molecular weight is 325 g/mol. The summed E-state index contributed by atoms with van der Waals surface area (Å²) in [5, 5.41) is 14.0. The molecule has 0 radical (unpaired) electrons. The van der Waals surface area contributed by atoms with Crippen LogP contribution in [0.5, 0.6) is 5.75 Å². The molecule has 0 spiro atoms. The minimum absolute atomic E-state index is 0.0982. The highest BCUT2D eigenvalue weighted by Gasteiger charge is 2.22. The summed E-state index contributed by atoms with van der Waals surface area (Å²) in [7, 11) is -2.54. The molecule has 1 amide bonds. The number of rotatable bonds is 6. The third kappa shape index (κ3) is 4.19. The fourth-order valence-electron chi connectivity index (χ4n) is 1.93. The molecule has 0 aliphatic rings. The number of ether oxygens (including phenoxy) is 1. The summed E-state index contributed by atoms with van der Waals surface area (Å²) in [6.45, 7) is 4.11. The number of nitriles is 1. The van der Waals surface area contributed by atoms with Gasteiger partial charge in [0.2, 0.25) is 10.0 Å². The Hall–Kier alpha value is -2.11. The highest BCUT2D eigenvalue weighted by molar-refractivity contribution is 7.89. The van der Waals surface area contributed by atoms with Gasteiger partial charge in [-0.05, 0) is 32.0 Å². The molecule has 0 aromatic heterocycles. The molecule has 1 aromatic carbocycles. The van der Waals surface area contributed by atoms with Crippen molar-refractivity contribution in [3.63, 3.8) is 0 Å². The predicted octanol–water partition coefficient (Wildman–Crippen LogP) is 0.964. The first-order valence-electron chi connectivity index (χ1n) is 6.64. The van der Waals surface area contributed by atoms with E-state index in [1.807, 2.05) is 0 Å². The van der Waals surface area contributed by atoms with Crippen molar-refractivity contribution < 1.29 is 17.9 Å². The molecule has 0 aliphatic carbocycles. The molecule has 0 saturated carbocycles. The molecule has 120 valence electrons. The number of nitrogens with zero attached hydrogens (tertiary/aromatic N) is 2. The zero-order valence-electron chi connectivity index (χ0n) is 12.7. The molecule has 22 heavy (non-hydrogen) atoms. The number of sulfonamides is 1. The molecular weight excluding hydrogens is 306 g/mol. The van der Waals surface area contributed by atoms with Crippen molar-refractivity contribution in [2.45, 2.75) is 18.7 Å². The molecule has 0 saturated heterocycles. The van der Waals surface area contributed by atoms with E-state index in [1.54, 1.807) is 13.8 Å². The zero-order valence-corrected chi connectivity index (χ0v) is 13.6. The van der Waals surface area contributed by atoms with Gasteiger partial charge < -0.3 is 9.64 Å². The Morgan fingerprint density at radius 1 is 1.50 bits per heavy atom. The number of amides is 1. The van der Waals surface area contributed by atoms with Gasteiger partial charge in [-0.2, -0.15) is 5.26 Å². The lowest BCUT2D eigenvalue weighted by atomic mass is 10.1. The first kappa shape index (κ1) is 17.9. The van der Waals surface area contributed by atoms with Crippen LogP contribution in [0.3, 0.4) is 0 Å². The second-order valence-corrected chi connectivity index (χ2v) is 6.34. The first-order chi connectivity index (χ1) is 10.2. The second kappa shape index (κ2) is 7.24. The zero-order chi connectivity index (χ0) is 16.9. The minimum Gasteiger partial charge on any atom is -0.496 e. The SMILES string of the molecule is CCN(C[C@@H](C)C#N)C(=O)c1cc(S(N)(=O)=O)ccc1OC. The number of nitrogens with two attached hydrogens (primary N) is 1. The maximum atomic E-state index is 12.6. The number of hydrogen-bond acceptors (Lipinski definition) is 5. The Morgan fingerprint density at radius 3 is 2.59 bits per heavy atom. The summed E-state index contributed by atoms with van der Waals surface area (Å²) < 4.78 is 28.0. The number of primary sulfonamides is 1. The summed E-state index contributed by atoms with van der Waals surface area (Å²) >= 11 is 0. The number of carbonyl (C=O) groups is 1. The van der Waals surface area contributed by atoms with E-state index in [0.717, 1.165) is 0 Å². The Labute approximate surface area is 130 Å². The quantitative estimate of drug-likeness (QED) is 0.837. The largest absolute Gasteiger partial charge is 0.496 e. The van der Waals surface area contributed by atoms with Gasteiger partial charge in [0.1, 0.15) is 5.75 Å². The predicted molar refractivity (Wildman–Crippen MR) is 80.7 cm³/mol. The Bertz CT molecular complexity index is 695. The van der Waals surface area contributed by atoms with E-state index in [0.29, 0.717) is 6.54 Å². The smallest absolute Gasteiger partial charge is 0.257 e. The van der Waals surface area contributed by atoms with Gasteiger partial charge in [0.15, 0.2) is 0 Å². The van der Waals surface area contributed by atoms with E-state index in [2.05, 4.69) is 6.07 Å². The fourth-order valence-corrected chi connectivity index (χ4v) is 2.47. The maximum absolute atomic E-state index is 12.6. The minimum atomic E-state index is -3.92. The van der Waals surface area contributed by atoms with Crippen molar-refractivity contribution in [1.82, 2.24) is 4.90 Å². The van der Waals surface area contributed by atoms with Gasteiger partial charge in [0.05, 0.1) is 29.6 Å². The van der Waals surface area contributed by atoms with Crippen LogP contribution in [0.2, 0.25) is 0 Å². The number of benzene rings is 1. The van der Waals surface area contributed by atoms with Crippen molar-refractivity contribution in [1.29, 1.82) is 5.26 Å². The van der Waals surface area contributed by atoms with Crippen molar-refractivity contribution in [2.75, 3.05) is 20.2 Å². The highest BCUT2D eigenvalue weighted by Crippen LogP contribution is 2.23. The standard InChI is InChI=1S/C14H19N3O4S/c1-4-17(9-10(2)8-15)14(18)12-7-11(22(16,19)20)5-6-13(12)21-3/h5-7,10H,4,9H2,1-3H3,(H2,16,19,20)/t10-/m0/s1. The molecular formula is C14H19N3O4S. The van der Waals surface area contributed by atoms with Crippen LogP contribution in [-0.4, -0.2) is 39.4 Å². The highest BCUT2D eigenvalue weighted by atomic mass is 32.2. The lowest BCUT2D eigenvalue weighted by molar-refractivity contribution is 0.0749. The molecule has 8 heteroatoms. The summed E-state index contributed by atoms with van der Waals surface area (Å²) in [5.74, 6) is -0.497. The fraction of sp³-hybridized carbons (Fsp3) is 0.429. The van der Waals surface area contributed by atoms with Crippen LogP contribution in [0.1, 0.15) is 24.2 Å². The summed E-state index contributed by atoms with van der Waals surface area (Å²) in [6, 6.07) is 5.91. The van der Waals surface area contributed by atoms with E-state index in [1.165, 1.54) is 30.2 Å². The van der Waals surface area contributed by atoms with E-state index in [9.17, 15) is 13.2 Å². The Kier molecular flexibility index (Phi) is 5.91. The molecule has 0 unspecified atom stereocenters.